The summed E-state index contributed by atoms with van der Waals surface area (Å²) in [6.07, 6.45) is 4.30. The molecule has 1 atom stereocenters. The third-order valence-corrected chi connectivity index (χ3v) is 4.96. The van der Waals surface area contributed by atoms with E-state index in [2.05, 4.69) is 59.8 Å². The average molecular weight is 472 g/mol. The molecule has 1 aromatic carbocycles. The van der Waals surface area contributed by atoms with Gasteiger partial charge in [0.1, 0.15) is 0 Å². The SMILES string of the molecule is CCC(C)NC(=NC)NCC(=O)N1CCC(Cc2ccccc2)CC1.I. The van der Waals surface area contributed by atoms with Crippen LogP contribution in [0.15, 0.2) is 35.3 Å². The van der Waals surface area contributed by atoms with Gasteiger partial charge in [-0.3, -0.25) is 9.79 Å². The zero-order valence-corrected chi connectivity index (χ0v) is 18.5. The Balaban J connectivity index is 0.00000338. The minimum atomic E-state index is 0. The highest BCUT2D eigenvalue weighted by Gasteiger charge is 2.22. The molecule has 0 aromatic heterocycles. The van der Waals surface area contributed by atoms with Gasteiger partial charge in [0, 0.05) is 26.2 Å². The number of hydrogen-bond donors (Lipinski definition) is 2. The molecule has 6 heteroatoms. The van der Waals surface area contributed by atoms with Crippen LogP contribution in [0.1, 0.15) is 38.7 Å². The molecule has 1 aromatic rings. The van der Waals surface area contributed by atoms with Gasteiger partial charge in [0.2, 0.25) is 5.91 Å². The van der Waals surface area contributed by atoms with Gasteiger partial charge >= 0.3 is 0 Å². The molecule has 1 amide bonds. The van der Waals surface area contributed by atoms with E-state index in [1.165, 1.54) is 5.56 Å². The quantitative estimate of drug-likeness (QED) is 0.380. The summed E-state index contributed by atoms with van der Waals surface area (Å²) in [5.74, 6) is 1.53. The zero-order chi connectivity index (χ0) is 18.1. The normalized spacial score (nSPS) is 16.6. The van der Waals surface area contributed by atoms with Crippen LogP contribution in [-0.2, 0) is 11.2 Å². The van der Waals surface area contributed by atoms with Gasteiger partial charge in [0.05, 0.1) is 6.54 Å². The van der Waals surface area contributed by atoms with Gasteiger partial charge in [-0.2, -0.15) is 0 Å². The van der Waals surface area contributed by atoms with E-state index in [1.807, 2.05) is 4.90 Å². The van der Waals surface area contributed by atoms with Crippen LogP contribution in [0.4, 0.5) is 0 Å². The molecule has 146 valence electrons. The van der Waals surface area contributed by atoms with Crippen molar-refractivity contribution in [3.63, 3.8) is 0 Å². The van der Waals surface area contributed by atoms with Crippen LogP contribution in [-0.4, -0.2) is 49.5 Å². The highest BCUT2D eigenvalue weighted by atomic mass is 127. The van der Waals surface area contributed by atoms with Crippen molar-refractivity contribution >= 4 is 35.8 Å². The first-order valence-corrected chi connectivity index (χ1v) is 9.41. The zero-order valence-electron chi connectivity index (χ0n) is 16.2. The molecule has 2 rings (SSSR count). The Labute approximate surface area is 175 Å². The molecular weight excluding hydrogens is 439 g/mol. The van der Waals surface area contributed by atoms with E-state index in [4.69, 9.17) is 0 Å². The van der Waals surface area contributed by atoms with Crippen LogP contribution in [0.2, 0.25) is 0 Å². The summed E-state index contributed by atoms with van der Waals surface area (Å²) in [6, 6.07) is 11.0. The van der Waals surface area contributed by atoms with E-state index in [9.17, 15) is 4.79 Å². The number of benzene rings is 1. The molecule has 1 unspecified atom stereocenters. The number of likely N-dealkylation sites (tertiary alicyclic amines) is 1. The van der Waals surface area contributed by atoms with Crippen molar-refractivity contribution in [1.29, 1.82) is 0 Å². The largest absolute Gasteiger partial charge is 0.354 e. The van der Waals surface area contributed by atoms with Gasteiger partial charge < -0.3 is 15.5 Å². The fourth-order valence-electron chi connectivity index (χ4n) is 3.14. The topological polar surface area (TPSA) is 56.7 Å². The molecule has 2 N–H and O–H groups in total. The standard InChI is InChI=1S/C20H32N4O.HI/c1-4-16(2)23-20(21-3)22-15-19(25)24-12-10-18(11-13-24)14-17-8-6-5-7-9-17;/h5-9,16,18H,4,10-15H2,1-3H3,(H2,21,22,23);1H. The second-order valence-corrected chi connectivity index (χ2v) is 6.89. The molecule has 1 heterocycles. The van der Waals surface area contributed by atoms with Crippen LogP contribution in [0.3, 0.4) is 0 Å². The summed E-state index contributed by atoms with van der Waals surface area (Å²) in [5.41, 5.74) is 1.40. The fraction of sp³-hybridized carbons (Fsp3) is 0.600. The summed E-state index contributed by atoms with van der Waals surface area (Å²) in [7, 11) is 1.73. The lowest BCUT2D eigenvalue weighted by molar-refractivity contribution is -0.131. The predicted molar refractivity (Wildman–Crippen MR) is 119 cm³/mol. The number of carbonyl (C=O) groups excluding carboxylic acids is 1. The minimum Gasteiger partial charge on any atom is -0.354 e. The Bertz CT molecular complexity index is 556. The number of nitrogens with one attached hydrogen (secondary N) is 2. The van der Waals surface area contributed by atoms with Gasteiger partial charge in [-0.25, -0.2) is 0 Å². The lowest BCUT2D eigenvalue weighted by atomic mass is 9.90. The van der Waals surface area contributed by atoms with Gasteiger partial charge in [-0.1, -0.05) is 37.3 Å². The summed E-state index contributed by atoms with van der Waals surface area (Å²) in [6.45, 7) is 6.24. The number of piperidine rings is 1. The van der Waals surface area contributed by atoms with Crippen molar-refractivity contribution in [2.75, 3.05) is 26.7 Å². The van der Waals surface area contributed by atoms with Gasteiger partial charge in [-0.05, 0) is 44.1 Å². The number of nitrogens with zero attached hydrogens (tertiary/aromatic N) is 2. The molecule has 26 heavy (non-hydrogen) atoms. The Kier molecular flexibility index (Phi) is 10.6. The van der Waals surface area contributed by atoms with Crippen LogP contribution in [0, 0.1) is 5.92 Å². The van der Waals surface area contributed by atoms with Crippen molar-refractivity contribution in [1.82, 2.24) is 15.5 Å². The second-order valence-electron chi connectivity index (χ2n) is 6.89. The highest BCUT2D eigenvalue weighted by Crippen LogP contribution is 2.21. The Morgan fingerprint density at radius 3 is 2.50 bits per heavy atom. The Morgan fingerprint density at radius 2 is 1.92 bits per heavy atom. The van der Waals surface area contributed by atoms with Crippen molar-refractivity contribution in [2.45, 2.75) is 45.6 Å². The van der Waals surface area contributed by atoms with E-state index < -0.39 is 0 Å². The maximum absolute atomic E-state index is 12.4. The maximum Gasteiger partial charge on any atom is 0.241 e. The minimum absolute atomic E-state index is 0. The molecule has 1 aliphatic rings. The van der Waals surface area contributed by atoms with Crippen molar-refractivity contribution < 1.29 is 4.79 Å². The smallest absolute Gasteiger partial charge is 0.241 e. The van der Waals surface area contributed by atoms with Crippen molar-refractivity contribution in [3.8, 4) is 0 Å². The first kappa shape index (κ1) is 22.7. The number of carbonyl (C=O) groups is 1. The first-order valence-electron chi connectivity index (χ1n) is 9.41. The summed E-state index contributed by atoms with van der Waals surface area (Å²) in [4.78, 5) is 18.6. The average Bonchev–Trinajstić information content (AvgIpc) is 2.66. The molecule has 5 nitrogen and oxygen atoms in total. The van der Waals surface area contributed by atoms with Crippen LogP contribution >= 0.6 is 24.0 Å². The lowest BCUT2D eigenvalue weighted by Gasteiger charge is -2.32. The molecule has 0 aliphatic carbocycles. The number of aliphatic imine (C=N–C) groups is 1. The number of hydrogen-bond acceptors (Lipinski definition) is 2. The van der Waals surface area contributed by atoms with E-state index in [-0.39, 0.29) is 29.9 Å². The third-order valence-electron chi connectivity index (χ3n) is 4.96. The molecule has 0 spiro atoms. The van der Waals surface area contributed by atoms with Gasteiger partial charge in [0.25, 0.3) is 0 Å². The number of halogens is 1. The fourth-order valence-corrected chi connectivity index (χ4v) is 3.14. The van der Waals surface area contributed by atoms with E-state index >= 15 is 0 Å². The third kappa shape index (κ3) is 7.51. The Hall–Kier alpha value is -1.31. The van der Waals surface area contributed by atoms with Gasteiger partial charge in [0.15, 0.2) is 5.96 Å². The van der Waals surface area contributed by atoms with Gasteiger partial charge in [-0.15, -0.1) is 24.0 Å². The number of amides is 1. The first-order chi connectivity index (χ1) is 12.1. The highest BCUT2D eigenvalue weighted by molar-refractivity contribution is 14.0. The monoisotopic (exact) mass is 472 g/mol. The predicted octanol–water partition coefficient (Wildman–Crippen LogP) is 3.05. The van der Waals surface area contributed by atoms with E-state index in [0.29, 0.717) is 24.5 Å². The molecule has 0 bridgehead atoms. The van der Waals surface area contributed by atoms with E-state index in [0.717, 1.165) is 38.8 Å². The molecule has 1 aliphatic heterocycles. The van der Waals surface area contributed by atoms with Crippen LogP contribution in [0.25, 0.3) is 0 Å². The van der Waals surface area contributed by atoms with Crippen LogP contribution in [0.5, 0.6) is 0 Å². The maximum atomic E-state index is 12.4. The molecular formula is C20H33IN4O. The second kappa shape index (κ2) is 12.1. The summed E-state index contributed by atoms with van der Waals surface area (Å²) in [5, 5.41) is 6.41. The number of guanidine groups is 1. The molecule has 0 saturated carbocycles. The Morgan fingerprint density at radius 1 is 1.27 bits per heavy atom. The molecule has 1 saturated heterocycles. The summed E-state index contributed by atoms with van der Waals surface area (Å²) >= 11 is 0. The summed E-state index contributed by atoms with van der Waals surface area (Å²) < 4.78 is 0. The van der Waals surface area contributed by atoms with E-state index in [1.54, 1.807) is 7.05 Å². The lowest BCUT2D eigenvalue weighted by Crippen LogP contribution is -2.48. The molecule has 0 radical (unpaired) electrons. The van der Waals surface area contributed by atoms with Crippen molar-refractivity contribution in [2.24, 2.45) is 10.9 Å². The van der Waals surface area contributed by atoms with Crippen molar-refractivity contribution in [3.05, 3.63) is 35.9 Å². The number of rotatable bonds is 6. The van der Waals surface area contributed by atoms with Crippen LogP contribution < -0.4 is 10.6 Å². The molecule has 1 fully saturated rings.